The van der Waals surface area contributed by atoms with Gasteiger partial charge in [-0.2, -0.15) is 12.6 Å². The summed E-state index contributed by atoms with van der Waals surface area (Å²) >= 11 is 5.79. The highest BCUT2D eigenvalue weighted by Crippen LogP contribution is 2.39. The monoisotopic (exact) mass is 310 g/mol. The smallest absolute Gasteiger partial charge is 0.400 e. The first-order valence-corrected chi connectivity index (χ1v) is 8.01. The maximum Gasteiger partial charge on any atom is 0.491 e. The van der Waals surface area contributed by atoms with Crippen LogP contribution in [-0.2, 0) is 9.31 Å². The van der Waals surface area contributed by atoms with Crippen LogP contribution in [0.2, 0.25) is 0 Å². The van der Waals surface area contributed by atoms with E-state index >= 15 is 0 Å². The van der Waals surface area contributed by atoms with Crippen molar-refractivity contribution in [3.05, 3.63) is 27.4 Å². The fourth-order valence-electron chi connectivity index (χ4n) is 1.93. The molecule has 0 atom stereocenters. The number of aldehydes is 1. The SMILES string of the molecule is CC1(C)OB(C(=Cc2ccsc2C=O)CS)OC1(C)C. The first-order chi connectivity index (χ1) is 9.30. The summed E-state index contributed by atoms with van der Waals surface area (Å²) in [6, 6.07) is 1.92. The summed E-state index contributed by atoms with van der Waals surface area (Å²) in [4.78, 5) is 11.7. The van der Waals surface area contributed by atoms with Gasteiger partial charge in [0.05, 0.1) is 16.1 Å². The number of thiophene rings is 1. The molecule has 0 spiro atoms. The third-order valence-electron chi connectivity index (χ3n) is 3.91. The van der Waals surface area contributed by atoms with E-state index in [9.17, 15) is 4.79 Å². The number of rotatable bonds is 4. The number of thiol groups is 1. The highest BCUT2D eigenvalue weighted by atomic mass is 32.1. The first kappa shape index (κ1) is 15.8. The largest absolute Gasteiger partial charge is 0.491 e. The van der Waals surface area contributed by atoms with E-state index in [1.165, 1.54) is 11.3 Å². The lowest BCUT2D eigenvalue weighted by atomic mass is 9.78. The summed E-state index contributed by atoms with van der Waals surface area (Å²) in [6.07, 6.45) is 2.81. The Bertz CT molecular complexity index is 518. The van der Waals surface area contributed by atoms with Crippen molar-refractivity contribution < 1.29 is 14.1 Å². The zero-order valence-electron chi connectivity index (χ0n) is 12.2. The second-order valence-electron chi connectivity index (χ2n) is 5.82. The maximum atomic E-state index is 11.0. The second kappa shape index (κ2) is 5.68. The second-order valence-corrected chi connectivity index (χ2v) is 7.09. The lowest BCUT2D eigenvalue weighted by Gasteiger charge is -2.32. The Morgan fingerprint density at radius 1 is 1.35 bits per heavy atom. The van der Waals surface area contributed by atoms with Crippen molar-refractivity contribution in [1.29, 1.82) is 0 Å². The van der Waals surface area contributed by atoms with Crippen molar-refractivity contribution in [3.63, 3.8) is 0 Å². The number of carbonyl (C=O) groups excluding carboxylic acids is 1. The molecule has 3 nitrogen and oxygen atoms in total. The lowest BCUT2D eigenvalue weighted by molar-refractivity contribution is 0.00578. The Balaban J connectivity index is 2.29. The van der Waals surface area contributed by atoms with Crippen molar-refractivity contribution in [2.75, 3.05) is 5.75 Å². The van der Waals surface area contributed by atoms with Crippen LogP contribution in [0.4, 0.5) is 0 Å². The van der Waals surface area contributed by atoms with Crippen LogP contribution in [0.15, 0.2) is 16.9 Å². The summed E-state index contributed by atoms with van der Waals surface area (Å²) in [7, 11) is -0.420. The van der Waals surface area contributed by atoms with E-state index in [0.717, 1.165) is 17.3 Å². The van der Waals surface area contributed by atoms with Crippen molar-refractivity contribution in [2.45, 2.75) is 38.9 Å². The van der Waals surface area contributed by atoms with Crippen molar-refractivity contribution in [1.82, 2.24) is 0 Å². The summed E-state index contributed by atoms with van der Waals surface area (Å²) in [5, 5.41) is 1.90. The van der Waals surface area contributed by atoms with Gasteiger partial charge in [0.1, 0.15) is 0 Å². The number of hydrogen-bond acceptors (Lipinski definition) is 5. The third-order valence-corrected chi connectivity index (χ3v) is 5.14. The van der Waals surface area contributed by atoms with Gasteiger partial charge in [-0.05, 0) is 50.2 Å². The molecule has 0 amide bonds. The van der Waals surface area contributed by atoms with Gasteiger partial charge in [-0.3, -0.25) is 4.79 Å². The Morgan fingerprint density at radius 2 is 1.95 bits per heavy atom. The van der Waals surface area contributed by atoms with Gasteiger partial charge in [0.2, 0.25) is 0 Å². The minimum absolute atomic E-state index is 0.373. The first-order valence-electron chi connectivity index (χ1n) is 6.50. The summed E-state index contributed by atoms with van der Waals surface area (Å²) in [5.74, 6) is 0.519. The van der Waals surface area contributed by atoms with Gasteiger partial charge in [0, 0.05) is 5.75 Å². The molecule has 1 aliphatic heterocycles. The Kier molecular flexibility index (Phi) is 4.49. The standard InChI is InChI=1S/C14H19BO3S2/c1-13(2)14(3,4)18-15(17-13)11(9-19)7-10-5-6-20-12(10)8-16/h5-8,19H,9H2,1-4H3. The summed E-state index contributed by atoms with van der Waals surface area (Å²) < 4.78 is 12.0. The molecule has 108 valence electrons. The van der Waals surface area contributed by atoms with Gasteiger partial charge in [-0.15, -0.1) is 11.3 Å². The Labute approximate surface area is 129 Å². The molecule has 0 aliphatic carbocycles. The quantitative estimate of drug-likeness (QED) is 0.525. The molecular weight excluding hydrogens is 291 g/mol. The van der Waals surface area contributed by atoms with E-state index in [1.54, 1.807) is 0 Å². The van der Waals surface area contributed by atoms with Gasteiger partial charge in [-0.1, -0.05) is 6.08 Å². The number of carbonyl (C=O) groups is 1. The van der Waals surface area contributed by atoms with E-state index in [-0.39, 0.29) is 11.2 Å². The van der Waals surface area contributed by atoms with Crippen molar-refractivity contribution in [2.24, 2.45) is 0 Å². The molecule has 1 aromatic rings. The van der Waals surface area contributed by atoms with Crippen LogP contribution in [0.5, 0.6) is 0 Å². The van der Waals surface area contributed by atoms with E-state index in [0.29, 0.717) is 10.6 Å². The molecule has 0 aromatic carbocycles. The molecule has 2 rings (SSSR count). The van der Waals surface area contributed by atoms with Crippen LogP contribution in [-0.4, -0.2) is 30.4 Å². The molecule has 6 heteroatoms. The normalized spacial score (nSPS) is 21.2. The van der Waals surface area contributed by atoms with E-state index in [1.807, 2.05) is 45.2 Å². The van der Waals surface area contributed by atoms with Gasteiger partial charge in [0.25, 0.3) is 0 Å². The van der Waals surface area contributed by atoms with E-state index in [2.05, 4.69) is 12.6 Å². The highest BCUT2D eigenvalue weighted by Gasteiger charge is 2.52. The average molecular weight is 310 g/mol. The third kappa shape index (κ3) is 2.88. The van der Waals surface area contributed by atoms with Crippen LogP contribution in [0, 0.1) is 0 Å². The predicted octanol–water partition coefficient (Wildman–Crippen LogP) is 3.51. The topological polar surface area (TPSA) is 35.5 Å². The molecule has 1 aliphatic rings. The lowest BCUT2D eigenvalue weighted by Crippen LogP contribution is -2.41. The van der Waals surface area contributed by atoms with Crippen LogP contribution >= 0.6 is 24.0 Å². The van der Waals surface area contributed by atoms with Crippen molar-refractivity contribution in [3.8, 4) is 0 Å². The zero-order valence-corrected chi connectivity index (χ0v) is 13.9. The molecule has 1 aromatic heterocycles. The predicted molar refractivity (Wildman–Crippen MR) is 87.6 cm³/mol. The van der Waals surface area contributed by atoms with Gasteiger partial charge >= 0.3 is 7.12 Å². The van der Waals surface area contributed by atoms with Crippen LogP contribution in [0.3, 0.4) is 0 Å². The van der Waals surface area contributed by atoms with Gasteiger partial charge < -0.3 is 9.31 Å². The van der Waals surface area contributed by atoms with Gasteiger partial charge in [0.15, 0.2) is 6.29 Å². The average Bonchev–Trinajstić information content (AvgIpc) is 2.88. The van der Waals surface area contributed by atoms with E-state index in [4.69, 9.17) is 9.31 Å². The Hall–Kier alpha value is -0.555. The molecule has 20 heavy (non-hydrogen) atoms. The van der Waals surface area contributed by atoms with Gasteiger partial charge in [-0.25, -0.2) is 0 Å². The highest BCUT2D eigenvalue weighted by molar-refractivity contribution is 7.80. The molecule has 0 unspecified atom stereocenters. The molecule has 0 saturated carbocycles. The summed E-state index contributed by atoms with van der Waals surface area (Å²) in [6.45, 7) is 8.07. The fraction of sp³-hybridized carbons (Fsp3) is 0.500. The van der Waals surface area contributed by atoms with Crippen LogP contribution < -0.4 is 0 Å². The van der Waals surface area contributed by atoms with Crippen LogP contribution in [0.1, 0.15) is 42.9 Å². The molecule has 0 radical (unpaired) electrons. The minimum atomic E-state index is -0.420. The van der Waals surface area contributed by atoms with Crippen LogP contribution in [0.25, 0.3) is 6.08 Å². The molecular formula is C14H19BO3S2. The fourth-order valence-corrected chi connectivity index (χ4v) is 2.85. The van der Waals surface area contributed by atoms with Crippen molar-refractivity contribution >= 4 is 43.4 Å². The maximum absolute atomic E-state index is 11.0. The minimum Gasteiger partial charge on any atom is -0.400 e. The van der Waals surface area contributed by atoms with E-state index < -0.39 is 7.12 Å². The molecule has 1 fully saturated rings. The molecule has 0 bridgehead atoms. The molecule has 1 saturated heterocycles. The summed E-state index contributed by atoms with van der Waals surface area (Å²) in [5.41, 5.74) is 1.07. The number of hydrogen-bond donors (Lipinski definition) is 1. The zero-order chi connectivity index (χ0) is 15.0. The molecule has 0 N–H and O–H groups in total. The Morgan fingerprint density at radius 3 is 2.45 bits per heavy atom. The molecule has 2 heterocycles.